The van der Waals surface area contributed by atoms with E-state index in [2.05, 4.69) is 20.6 Å². The van der Waals surface area contributed by atoms with Crippen LogP contribution < -0.4 is 16.4 Å². The number of anilines is 2. The van der Waals surface area contributed by atoms with Crippen LogP contribution in [0.3, 0.4) is 0 Å². The van der Waals surface area contributed by atoms with E-state index >= 15 is 0 Å². The first-order valence-electron chi connectivity index (χ1n) is 7.61. The Morgan fingerprint density at radius 1 is 1.20 bits per heavy atom. The lowest BCUT2D eigenvalue weighted by Crippen LogP contribution is -2.34. The van der Waals surface area contributed by atoms with Crippen LogP contribution in [0, 0.1) is 0 Å². The molecule has 0 aliphatic heterocycles. The molecule has 25 heavy (non-hydrogen) atoms. The number of nitrogens with zero attached hydrogens (tertiary/aromatic N) is 2. The molecule has 134 valence electrons. The molecule has 8 nitrogen and oxygen atoms in total. The van der Waals surface area contributed by atoms with Crippen molar-refractivity contribution < 1.29 is 13.2 Å². The number of hydrogen-bond acceptors (Lipinski definition) is 6. The number of nitrogen functional groups attached to an aromatic ring is 1. The Kier molecular flexibility index (Phi) is 5.58. The summed E-state index contributed by atoms with van der Waals surface area (Å²) in [5, 5.41) is 5.44. The molecule has 1 heterocycles. The minimum Gasteiger partial charge on any atom is -0.384 e. The van der Waals surface area contributed by atoms with Gasteiger partial charge in [0.2, 0.25) is 0 Å². The zero-order chi connectivity index (χ0) is 18.6. The minimum atomic E-state index is -3.22. The molecule has 0 atom stereocenters. The molecule has 0 aliphatic carbocycles. The highest BCUT2D eigenvalue weighted by molar-refractivity contribution is 7.89. The second kappa shape index (κ2) is 7.47. The maximum Gasteiger partial charge on any atom is 0.319 e. The number of carbonyl (C=O) groups is 1. The van der Waals surface area contributed by atoms with Gasteiger partial charge in [0.05, 0.1) is 11.4 Å². The number of aromatic nitrogens is 2. The van der Waals surface area contributed by atoms with Crippen LogP contribution in [0.2, 0.25) is 0 Å². The molecule has 1 aromatic heterocycles. The van der Waals surface area contributed by atoms with Crippen molar-refractivity contribution in [3.8, 4) is 11.4 Å². The van der Waals surface area contributed by atoms with E-state index in [1.54, 1.807) is 24.3 Å². The van der Waals surface area contributed by atoms with Gasteiger partial charge >= 0.3 is 6.03 Å². The molecule has 0 bridgehead atoms. The smallest absolute Gasteiger partial charge is 0.319 e. The van der Waals surface area contributed by atoms with Crippen LogP contribution in [0.25, 0.3) is 11.4 Å². The number of rotatable bonds is 5. The highest BCUT2D eigenvalue weighted by atomic mass is 32.2. The summed E-state index contributed by atoms with van der Waals surface area (Å²) in [5.41, 5.74) is 7.36. The molecule has 1 aromatic carbocycles. The van der Waals surface area contributed by atoms with Gasteiger partial charge in [-0.1, -0.05) is 0 Å². The molecule has 2 aromatic rings. The Bertz CT molecular complexity index is 864. The molecule has 0 unspecified atom stereocenters. The summed E-state index contributed by atoms with van der Waals surface area (Å²) in [4.78, 5) is 20.1. The lowest BCUT2D eigenvalue weighted by atomic mass is 10.2. The van der Waals surface area contributed by atoms with E-state index in [1.165, 1.54) is 6.07 Å². The van der Waals surface area contributed by atoms with Crippen molar-refractivity contribution in [2.75, 3.05) is 17.3 Å². The van der Waals surface area contributed by atoms with Gasteiger partial charge in [-0.15, -0.1) is 0 Å². The average Bonchev–Trinajstić information content (AvgIpc) is 2.44. The van der Waals surface area contributed by atoms with Crippen molar-refractivity contribution in [2.45, 2.75) is 25.6 Å². The normalized spacial score (nSPS) is 11.4. The monoisotopic (exact) mass is 363 g/mol. The third-order valence-electron chi connectivity index (χ3n) is 3.03. The number of hydrogen-bond donors (Lipinski definition) is 3. The van der Waals surface area contributed by atoms with E-state index in [1.807, 2.05) is 13.8 Å². The van der Waals surface area contributed by atoms with Gasteiger partial charge in [-0.05, 0) is 38.1 Å². The number of carbonyl (C=O) groups excluding carboxylic acids is 1. The van der Waals surface area contributed by atoms with E-state index in [0.717, 1.165) is 6.26 Å². The fourth-order valence-corrected chi connectivity index (χ4v) is 2.81. The van der Waals surface area contributed by atoms with Crippen LogP contribution in [0.1, 0.15) is 19.5 Å². The van der Waals surface area contributed by atoms with E-state index in [0.29, 0.717) is 22.8 Å². The van der Waals surface area contributed by atoms with Crippen molar-refractivity contribution >= 4 is 27.4 Å². The van der Waals surface area contributed by atoms with Crippen LogP contribution >= 0.6 is 0 Å². The lowest BCUT2D eigenvalue weighted by Gasteiger charge is -2.10. The Balaban J connectivity index is 2.20. The van der Waals surface area contributed by atoms with Crippen molar-refractivity contribution in [3.63, 3.8) is 0 Å². The summed E-state index contributed by atoms with van der Waals surface area (Å²) in [5.74, 6) is 0.320. The number of amides is 2. The van der Waals surface area contributed by atoms with Crippen LogP contribution in [-0.2, 0) is 15.6 Å². The van der Waals surface area contributed by atoms with Gasteiger partial charge in [0.25, 0.3) is 0 Å². The molecule has 2 rings (SSSR count). The Labute approximate surface area is 146 Å². The zero-order valence-electron chi connectivity index (χ0n) is 14.3. The van der Waals surface area contributed by atoms with Crippen molar-refractivity contribution in [1.29, 1.82) is 0 Å². The molecule has 0 saturated heterocycles. The summed E-state index contributed by atoms with van der Waals surface area (Å²) >= 11 is 0. The highest BCUT2D eigenvalue weighted by Crippen LogP contribution is 2.20. The summed E-state index contributed by atoms with van der Waals surface area (Å²) in [7, 11) is -3.22. The number of nitrogens with one attached hydrogen (secondary N) is 2. The van der Waals surface area contributed by atoms with Gasteiger partial charge in [-0.3, -0.25) is 0 Å². The number of benzene rings is 1. The van der Waals surface area contributed by atoms with E-state index in [9.17, 15) is 13.2 Å². The van der Waals surface area contributed by atoms with Crippen LogP contribution in [0.4, 0.5) is 16.3 Å². The van der Waals surface area contributed by atoms with Crippen molar-refractivity contribution in [1.82, 2.24) is 15.3 Å². The predicted molar refractivity (Wildman–Crippen MR) is 97.7 cm³/mol. The van der Waals surface area contributed by atoms with Gasteiger partial charge in [0, 0.05) is 29.6 Å². The van der Waals surface area contributed by atoms with Crippen molar-refractivity contribution in [3.05, 3.63) is 36.0 Å². The largest absolute Gasteiger partial charge is 0.384 e. The van der Waals surface area contributed by atoms with E-state index in [-0.39, 0.29) is 23.6 Å². The maximum atomic E-state index is 11.7. The molecular formula is C16H21N5O3S. The van der Waals surface area contributed by atoms with E-state index < -0.39 is 9.84 Å². The number of urea groups is 1. The first kappa shape index (κ1) is 18.7. The van der Waals surface area contributed by atoms with Gasteiger partial charge in [0.15, 0.2) is 15.7 Å². The molecule has 0 radical (unpaired) electrons. The van der Waals surface area contributed by atoms with Gasteiger partial charge < -0.3 is 16.4 Å². The summed E-state index contributed by atoms with van der Waals surface area (Å²) < 4.78 is 22.9. The molecule has 2 amide bonds. The molecular weight excluding hydrogens is 342 g/mol. The lowest BCUT2D eigenvalue weighted by molar-refractivity contribution is 0.250. The highest BCUT2D eigenvalue weighted by Gasteiger charge is 2.11. The first-order chi connectivity index (χ1) is 11.6. The average molecular weight is 363 g/mol. The maximum absolute atomic E-state index is 11.7. The Morgan fingerprint density at radius 3 is 2.40 bits per heavy atom. The van der Waals surface area contributed by atoms with Crippen LogP contribution in [0.5, 0.6) is 0 Å². The second-order valence-corrected chi connectivity index (χ2v) is 8.15. The quantitative estimate of drug-likeness (QED) is 0.743. The fourth-order valence-electron chi connectivity index (χ4n) is 2.12. The summed E-state index contributed by atoms with van der Waals surface area (Å²) in [6, 6.07) is 8.05. The third kappa shape index (κ3) is 6.03. The summed E-state index contributed by atoms with van der Waals surface area (Å²) in [6.07, 6.45) is 1.13. The van der Waals surface area contributed by atoms with Crippen molar-refractivity contribution in [2.24, 2.45) is 0 Å². The minimum absolute atomic E-state index is 0.0354. The van der Waals surface area contributed by atoms with Gasteiger partial charge in [-0.25, -0.2) is 23.2 Å². The van der Waals surface area contributed by atoms with Crippen LogP contribution in [-0.4, -0.2) is 36.7 Å². The first-order valence-corrected chi connectivity index (χ1v) is 9.67. The fraction of sp³-hybridized carbons (Fsp3) is 0.312. The SMILES string of the molecule is CC(C)NC(=O)Nc1ccc(-c2nc(N)cc(CS(C)(=O)=O)n2)cc1. The van der Waals surface area contributed by atoms with Crippen LogP contribution in [0.15, 0.2) is 30.3 Å². The van der Waals surface area contributed by atoms with Gasteiger partial charge in [0.1, 0.15) is 5.82 Å². The molecule has 4 N–H and O–H groups in total. The topological polar surface area (TPSA) is 127 Å². The third-order valence-corrected chi connectivity index (χ3v) is 3.85. The Morgan fingerprint density at radius 2 is 1.84 bits per heavy atom. The van der Waals surface area contributed by atoms with E-state index in [4.69, 9.17) is 5.73 Å². The molecule has 0 aliphatic rings. The predicted octanol–water partition coefficient (Wildman–Crippen LogP) is 1.80. The molecule has 9 heteroatoms. The Hall–Kier alpha value is -2.68. The second-order valence-electron chi connectivity index (χ2n) is 6.01. The number of sulfone groups is 1. The molecule has 0 saturated carbocycles. The standard InChI is InChI=1S/C16H21N5O3S/c1-10(2)18-16(22)20-12-6-4-11(5-7-12)15-19-13(8-14(17)21-15)9-25(3,23)24/h4-8,10H,9H2,1-3H3,(H2,17,19,21)(H2,18,20,22). The number of nitrogens with two attached hydrogens (primary N) is 1. The van der Waals surface area contributed by atoms with Gasteiger partial charge in [-0.2, -0.15) is 0 Å². The zero-order valence-corrected chi connectivity index (χ0v) is 15.1. The molecule has 0 fully saturated rings. The molecule has 0 spiro atoms. The summed E-state index contributed by atoms with van der Waals surface area (Å²) in [6.45, 7) is 3.74.